The van der Waals surface area contributed by atoms with Crippen molar-refractivity contribution in [1.29, 1.82) is 0 Å². The summed E-state index contributed by atoms with van der Waals surface area (Å²) < 4.78 is 5.80. The van der Waals surface area contributed by atoms with Gasteiger partial charge in [0.1, 0.15) is 5.52 Å². The SMILES string of the molecule is Nc1cccc2c1CN(Cc1nc3ccccc3o1)CC2. The zero-order valence-corrected chi connectivity index (χ0v) is 11.7. The Morgan fingerprint density at radius 2 is 2.05 bits per heavy atom. The maximum atomic E-state index is 6.09. The Kier molecular flexibility index (Phi) is 2.89. The maximum absolute atomic E-state index is 6.09. The Morgan fingerprint density at radius 1 is 1.14 bits per heavy atom. The minimum Gasteiger partial charge on any atom is -0.439 e. The van der Waals surface area contributed by atoms with Crippen molar-refractivity contribution in [2.24, 2.45) is 0 Å². The van der Waals surface area contributed by atoms with Gasteiger partial charge in [-0.3, -0.25) is 4.90 Å². The lowest BCUT2D eigenvalue weighted by Crippen LogP contribution is -2.30. The molecule has 0 unspecified atom stereocenters. The van der Waals surface area contributed by atoms with E-state index in [-0.39, 0.29) is 0 Å². The molecule has 1 aromatic heterocycles. The van der Waals surface area contributed by atoms with Crippen LogP contribution in [0.5, 0.6) is 0 Å². The summed E-state index contributed by atoms with van der Waals surface area (Å²) >= 11 is 0. The highest BCUT2D eigenvalue weighted by Gasteiger charge is 2.19. The summed E-state index contributed by atoms with van der Waals surface area (Å²) in [5.41, 5.74) is 11.4. The van der Waals surface area contributed by atoms with Gasteiger partial charge in [-0.05, 0) is 35.7 Å². The summed E-state index contributed by atoms with van der Waals surface area (Å²) in [5, 5.41) is 0. The quantitative estimate of drug-likeness (QED) is 0.733. The van der Waals surface area contributed by atoms with Gasteiger partial charge in [0.25, 0.3) is 0 Å². The molecule has 0 bridgehead atoms. The van der Waals surface area contributed by atoms with Crippen molar-refractivity contribution in [2.45, 2.75) is 19.5 Å². The number of hydrogen-bond acceptors (Lipinski definition) is 4. The average molecular weight is 279 g/mol. The molecular weight excluding hydrogens is 262 g/mol. The van der Waals surface area contributed by atoms with Gasteiger partial charge in [-0.2, -0.15) is 0 Å². The van der Waals surface area contributed by atoms with E-state index in [1.54, 1.807) is 0 Å². The fraction of sp³-hybridized carbons (Fsp3) is 0.235. The van der Waals surface area contributed by atoms with E-state index in [9.17, 15) is 0 Å². The van der Waals surface area contributed by atoms with Gasteiger partial charge in [0.2, 0.25) is 5.89 Å². The van der Waals surface area contributed by atoms with Gasteiger partial charge in [0.15, 0.2) is 5.58 Å². The monoisotopic (exact) mass is 279 g/mol. The van der Waals surface area contributed by atoms with Crippen molar-refractivity contribution in [1.82, 2.24) is 9.88 Å². The number of fused-ring (bicyclic) bond motifs is 2. The van der Waals surface area contributed by atoms with Crippen molar-refractivity contribution < 1.29 is 4.42 Å². The smallest absolute Gasteiger partial charge is 0.209 e. The van der Waals surface area contributed by atoms with Crippen LogP contribution in [0, 0.1) is 0 Å². The van der Waals surface area contributed by atoms with Crippen molar-refractivity contribution in [2.75, 3.05) is 12.3 Å². The van der Waals surface area contributed by atoms with Crippen LogP contribution in [-0.2, 0) is 19.5 Å². The highest BCUT2D eigenvalue weighted by molar-refractivity contribution is 5.72. The number of nitrogen functional groups attached to an aromatic ring is 1. The first kappa shape index (κ1) is 12.4. The van der Waals surface area contributed by atoms with E-state index in [4.69, 9.17) is 10.2 Å². The molecule has 0 atom stereocenters. The predicted molar refractivity (Wildman–Crippen MR) is 82.7 cm³/mol. The summed E-state index contributed by atoms with van der Waals surface area (Å²) in [6.45, 7) is 2.60. The molecule has 0 spiro atoms. The highest BCUT2D eigenvalue weighted by atomic mass is 16.3. The molecule has 1 aliphatic rings. The molecule has 4 rings (SSSR count). The van der Waals surface area contributed by atoms with Crippen LogP contribution in [0.4, 0.5) is 5.69 Å². The molecule has 0 fully saturated rings. The molecule has 0 saturated carbocycles. The van der Waals surface area contributed by atoms with Crippen LogP contribution in [0.2, 0.25) is 0 Å². The topological polar surface area (TPSA) is 55.3 Å². The Balaban J connectivity index is 1.57. The predicted octanol–water partition coefficient (Wildman–Crippen LogP) is 2.97. The summed E-state index contributed by atoms with van der Waals surface area (Å²) in [6.07, 6.45) is 1.03. The standard InChI is InChI=1S/C17H17N3O/c18-14-5-3-4-12-8-9-20(10-13(12)14)11-17-19-15-6-1-2-7-16(15)21-17/h1-7H,8-11,18H2. The van der Waals surface area contributed by atoms with E-state index in [2.05, 4.69) is 16.0 Å². The van der Waals surface area contributed by atoms with E-state index >= 15 is 0 Å². The molecule has 3 aromatic rings. The van der Waals surface area contributed by atoms with Crippen molar-refractivity contribution >= 4 is 16.8 Å². The minimum absolute atomic E-state index is 0.725. The summed E-state index contributed by atoms with van der Waals surface area (Å²) in [5.74, 6) is 0.772. The third kappa shape index (κ3) is 2.28. The lowest BCUT2D eigenvalue weighted by molar-refractivity contribution is 0.224. The molecule has 0 amide bonds. The van der Waals surface area contributed by atoms with Gasteiger partial charge < -0.3 is 10.2 Å². The van der Waals surface area contributed by atoms with Crippen LogP contribution in [0.25, 0.3) is 11.1 Å². The van der Waals surface area contributed by atoms with Crippen LogP contribution in [-0.4, -0.2) is 16.4 Å². The number of oxazole rings is 1. The van der Waals surface area contributed by atoms with Crippen molar-refractivity contribution in [3.8, 4) is 0 Å². The largest absolute Gasteiger partial charge is 0.439 e. The number of hydrogen-bond donors (Lipinski definition) is 1. The molecule has 2 heterocycles. The number of nitrogens with zero attached hydrogens (tertiary/aromatic N) is 2. The zero-order chi connectivity index (χ0) is 14.2. The first-order valence-electron chi connectivity index (χ1n) is 7.22. The Hall–Kier alpha value is -2.33. The fourth-order valence-corrected chi connectivity index (χ4v) is 2.98. The van der Waals surface area contributed by atoms with Crippen LogP contribution in [0.15, 0.2) is 46.9 Å². The van der Waals surface area contributed by atoms with Gasteiger partial charge in [-0.15, -0.1) is 0 Å². The number of nitrogens with two attached hydrogens (primary N) is 1. The van der Waals surface area contributed by atoms with Gasteiger partial charge in [-0.25, -0.2) is 4.98 Å². The van der Waals surface area contributed by atoms with Crippen molar-refractivity contribution in [3.63, 3.8) is 0 Å². The number of anilines is 1. The van der Waals surface area contributed by atoms with E-state index in [0.717, 1.165) is 48.7 Å². The van der Waals surface area contributed by atoms with E-state index in [1.165, 1.54) is 11.1 Å². The van der Waals surface area contributed by atoms with Gasteiger partial charge in [-0.1, -0.05) is 24.3 Å². The average Bonchev–Trinajstić information content (AvgIpc) is 2.90. The van der Waals surface area contributed by atoms with E-state index < -0.39 is 0 Å². The lowest BCUT2D eigenvalue weighted by Gasteiger charge is -2.28. The Morgan fingerprint density at radius 3 is 2.95 bits per heavy atom. The fourth-order valence-electron chi connectivity index (χ4n) is 2.98. The highest BCUT2D eigenvalue weighted by Crippen LogP contribution is 2.25. The van der Waals surface area contributed by atoms with Crippen LogP contribution in [0.1, 0.15) is 17.0 Å². The molecule has 2 aromatic carbocycles. The first-order chi connectivity index (χ1) is 10.3. The van der Waals surface area contributed by atoms with Gasteiger partial charge in [0.05, 0.1) is 6.54 Å². The molecule has 1 aliphatic heterocycles. The second-order valence-electron chi connectivity index (χ2n) is 5.52. The van der Waals surface area contributed by atoms with Crippen molar-refractivity contribution in [3.05, 3.63) is 59.5 Å². The summed E-state index contributed by atoms with van der Waals surface area (Å²) in [7, 11) is 0. The number of para-hydroxylation sites is 2. The molecule has 4 heteroatoms. The van der Waals surface area contributed by atoms with E-state index in [0.29, 0.717) is 0 Å². The first-order valence-corrected chi connectivity index (χ1v) is 7.22. The normalized spacial score (nSPS) is 15.2. The third-order valence-corrected chi connectivity index (χ3v) is 4.09. The van der Waals surface area contributed by atoms with Gasteiger partial charge >= 0.3 is 0 Å². The maximum Gasteiger partial charge on any atom is 0.209 e. The van der Waals surface area contributed by atoms with Crippen LogP contribution < -0.4 is 5.73 Å². The molecule has 0 radical (unpaired) electrons. The lowest BCUT2D eigenvalue weighted by atomic mass is 9.98. The zero-order valence-electron chi connectivity index (χ0n) is 11.7. The van der Waals surface area contributed by atoms with Crippen LogP contribution >= 0.6 is 0 Å². The molecular formula is C17H17N3O. The second kappa shape index (κ2) is 4.90. The van der Waals surface area contributed by atoms with E-state index in [1.807, 2.05) is 36.4 Å². The van der Waals surface area contributed by atoms with Gasteiger partial charge in [0, 0.05) is 18.8 Å². The third-order valence-electron chi connectivity index (χ3n) is 4.09. The summed E-state index contributed by atoms with van der Waals surface area (Å²) in [4.78, 5) is 6.88. The molecule has 2 N–H and O–H groups in total. The molecule has 0 aliphatic carbocycles. The molecule has 21 heavy (non-hydrogen) atoms. The number of rotatable bonds is 2. The second-order valence-corrected chi connectivity index (χ2v) is 5.52. The molecule has 0 saturated heterocycles. The summed E-state index contributed by atoms with van der Waals surface area (Å²) in [6, 6.07) is 14.1. The molecule has 4 nitrogen and oxygen atoms in total. The Bertz CT molecular complexity index is 761. The van der Waals surface area contributed by atoms with Crippen LogP contribution in [0.3, 0.4) is 0 Å². The number of benzene rings is 2. The molecule has 106 valence electrons. The minimum atomic E-state index is 0.725. The number of aromatic nitrogens is 1. The Labute approximate surface area is 123 Å².